The van der Waals surface area contributed by atoms with Gasteiger partial charge in [-0.1, -0.05) is 11.6 Å². The third-order valence-electron chi connectivity index (χ3n) is 7.29. The molecule has 0 radical (unpaired) electrons. The third-order valence-corrected chi connectivity index (χ3v) is 8.54. The van der Waals surface area contributed by atoms with E-state index in [1.54, 1.807) is 41.2 Å². The Kier molecular flexibility index (Phi) is 9.19. The molecule has 0 bridgehead atoms. The van der Waals surface area contributed by atoms with Gasteiger partial charge in [0.2, 0.25) is 0 Å². The number of rotatable bonds is 8. The number of piperidine rings is 1. The van der Waals surface area contributed by atoms with Gasteiger partial charge in [-0.15, -0.1) is 11.3 Å². The number of hydrogen-bond donors (Lipinski definition) is 1. The maximum Gasteiger partial charge on any atom is 0.351 e. The van der Waals surface area contributed by atoms with E-state index in [1.807, 2.05) is 32.2 Å². The van der Waals surface area contributed by atoms with Crippen LogP contribution in [0.25, 0.3) is 11.3 Å². The maximum absolute atomic E-state index is 13.7. The summed E-state index contributed by atoms with van der Waals surface area (Å²) in [6, 6.07) is 13.3. The third kappa shape index (κ3) is 7.09. The predicted octanol–water partition coefficient (Wildman–Crippen LogP) is 7.24. The number of halogens is 2. The zero-order valence-electron chi connectivity index (χ0n) is 24.5. The van der Waals surface area contributed by atoms with Crippen LogP contribution in [0.15, 0.2) is 60.1 Å². The molecule has 8 nitrogen and oxygen atoms in total. The number of carbonyl (C=O) groups is 2. The first-order chi connectivity index (χ1) is 20.5. The number of esters is 1. The second-order valence-corrected chi connectivity index (χ2v) is 12.8. The number of ether oxygens (including phenoxy) is 2. The summed E-state index contributed by atoms with van der Waals surface area (Å²) < 4.78 is 26.4. The van der Waals surface area contributed by atoms with Gasteiger partial charge in [-0.3, -0.25) is 14.4 Å². The van der Waals surface area contributed by atoms with Gasteiger partial charge in [0.05, 0.1) is 30.1 Å². The molecule has 11 heteroatoms. The quantitative estimate of drug-likeness (QED) is 0.208. The van der Waals surface area contributed by atoms with Crippen LogP contribution in [0.5, 0.6) is 5.75 Å². The molecule has 2 aromatic carbocycles. The van der Waals surface area contributed by atoms with E-state index in [1.165, 1.54) is 30.6 Å². The predicted molar refractivity (Wildman–Crippen MR) is 167 cm³/mol. The van der Waals surface area contributed by atoms with E-state index < -0.39 is 11.5 Å². The van der Waals surface area contributed by atoms with Crippen LogP contribution >= 0.6 is 22.9 Å². The van der Waals surface area contributed by atoms with Crippen molar-refractivity contribution in [1.29, 1.82) is 0 Å². The number of nitrogens with one attached hydrogen (secondary N) is 1. The van der Waals surface area contributed by atoms with Gasteiger partial charge >= 0.3 is 5.97 Å². The molecule has 1 aliphatic rings. The van der Waals surface area contributed by atoms with Crippen molar-refractivity contribution in [3.63, 3.8) is 0 Å². The van der Waals surface area contributed by atoms with Gasteiger partial charge < -0.3 is 14.8 Å². The summed E-state index contributed by atoms with van der Waals surface area (Å²) in [4.78, 5) is 28.3. The molecule has 4 aromatic rings. The number of thiophene rings is 1. The molecule has 0 spiro atoms. The molecule has 1 N–H and O–H groups in total. The van der Waals surface area contributed by atoms with Crippen LogP contribution in [0.2, 0.25) is 5.02 Å². The summed E-state index contributed by atoms with van der Waals surface area (Å²) in [7, 11) is 1.36. The van der Waals surface area contributed by atoms with E-state index in [-0.39, 0.29) is 17.8 Å². The molecule has 0 saturated carbocycles. The van der Waals surface area contributed by atoms with E-state index in [0.717, 1.165) is 31.5 Å². The minimum atomic E-state index is -0.401. The average Bonchev–Trinajstić information content (AvgIpc) is 3.64. The number of likely N-dealkylation sites (tertiary alicyclic amines) is 1. The lowest BCUT2D eigenvalue weighted by Gasteiger charge is -2.32. The van der Waals surface area contributed by atoms with Crippen molar-refractivity contribution in [3.8, 4) is 17.0 Å². The lowest BCUT2D eigenvalue weighted by atomic mass is 10.0. The molecule has 43 heavy (non-hydrogen) atoms. The van der Waals surface area contributed by atoms with Gasteiger partial charge in [0.15, 0.2) is 4.88 Å². The first-order valence-electron chi connectivity index (χ1n) is 14.0. The lowest BCUT2D eigenvalue weighted by molar-refractivity contribution is 0.0590. The molecule has 1 aliphatic heterocycles. The van der Waals surface area contributed by atoms with Crippen molar-refractivity contribution in [3.05, 3.63) is 87.0 Å². The fraction of sp³-hybridized carbons (Fsp3) is 0.344. The zero-order chi connectivity index (χ0) is 30.7. The Morgan fingerprint density at radius 2 is 1.84 bits per heavy atom. The molecule has 5 rings (SSSR count). The van der Waals surface area contributed by atoms with Crippen molar-refractivity contribution in [2.24, 2.45) is 0 Å². The van der Waals surface area contributed by atoms with Gasteiger partial charge in [0.1, 0.15) is 17.7 Å². The topological polar surface area (TPSA) is 85.7 Å². The highest BCUT2D eigenvalue weighted by molar-refractivity contribution is 7.12. The second kappa shape index (κ2) is 12.9. The maximum atomic E-state index is 13.7. The minimum absolute atomic E-state index is 0.000307. The molecule has 1 amide bonds. The highest BCUT2D eigenvalue weighted by atomic mass is 35.5. The van der Waals surface area contributed by atoms with E-state index in [9.17, 15) is 14.0 Å². The van der Waals surface area contributed by atoms with E-state index >= 15 is 0 Å². The van der Waals surface area contributed by atoms with Crippen molar-refractivity contribution in [1.82, 2.24) is 14.7 Å². The van der Waals surface area contributed by atoms with Gasteiger partial charge in [-0.25, -0.2) is 9.18 Å². The fourth-order valence-corrected chi connectivity index (χ4v) is 6.04. The Labute approximate surface area is 259 Å². The first kappa shape index (κ1) is 30.7. The molecule has 226 valence electrons. The number of anilines is 1. The van der Waals surface area contributed by atoms with Gasteiger partial charge in [-0.2, -0.15) is 5.10 Å². The van der Waals surface area contributed by atoms with Crippen LogP contribution in [0.1, 0.15) is 59.2 Å². The van der Waals surface area contributed by atoms with Crippen molar-refractivity contribution < 1.29 is 23.5 Å². The Morgan fingerprint density at radius 3 is 2.51 bits per heavy atom. The lowest BCUT2D eigenvalue weighted by Crippen LogP contribution is -2.38. The van der Waals surface area contributed by atoms with Gasteiger partial charge in [0, 0.05) is 35.9 Å². The molecular weight excluding hydrogens is 591 g/mol. The SMILES string of the molecule is COC(=O)c1sccc1OC1CCN(Cc2cc(NC(=O)c3cnn(C(C)(C)C)c3-c3ccc(F)cc3)ccc2Cl)CC1. The highest BCUT2D eigenvalue weighted by Gasteiger charge is 2.27. The molecular formula is C32H34ClFN4O4S. The molecule has 1 fully saturated rings. The summed E-state index contributed by atoms with van der Waals surface area (Å²) in [6.45, 7) is 8.19. The highest BCUT2D eigenvalue weighted by Crippen LogP contribution is 2.32. The summed E-state index contributed by atoms with van der Waals surface area (Å²) >= 11 is 7.88. The van der Waals surface area contributed by atoms with E-state index in [2.05, 4.69) is 15.3 Å². The number of methoxy groups -OCH3 is 1. The van der Waals surface area contributed by atoms with Crippen LogP contribution in [-0.4, -0.2) is 52.9 Å². The number of aromatic nitrogens is 2. The largest absolute Gasteiger partial charge is 0.489 e. The molecule has 2 aromatic heterocycles. The Hall–Kier alpha value is -3.73. The molecule has 0 atom stereocenters. The van der Waals surface area contributed by atoms with E-state index in [4.69, 9.17) is 21.1 Å². The first-order valence-corrected chi connectivity index (χ1v) is 15.3. The van der Waals surface area contributed by atoms with Crippen LogP contribution in [-0.2, 0) is 16.8 Å². The van der Waals surface area contributed by atoms with Crippen LogP contribution in [0.4, 0.5) is 10.1 Å². The Bertz CT molecular complexity index is 1600. The molecule has 0 aliphatic carbocycles. The monoisotopic (exact) mass is 624 g/mol. The average molecular weight is 625 g/mol. The van der Waals surface area contributed by atoms with Gasteiger partial charge in [-0.05, 0) is 93.1 Å². The van der Waals surface area contributed by atoms with Crippen LogP contribution in [0.3, 0.4) is 0 Å². The van der Waals surface area contributed by atoms with Gasteiger partial charge in [0.25, 0.3) is 5.91 Å². The standard InChI is InChI=1S/C32H34ClFN4O4S/c1-32(2,3)38-28(20-5-7-22(34)8-6-20)25(18-35-38)30(39)36-23-9-10-26(33)21(17-23)19-37-14-11-24(12-15-37)42-27-13-16-43-29(27)31(40)41-4/h5-10,13,16-18,24H,11-12,14-15,19H2,1-4H3,(H,36,39). The summed E-state index contributed by atoms with van der Waals surface area (Å²) in [5, 5.41) is 9.95. The van der Waals surface area contributed by atoms with Crippen molar-refractivity contribution >= 4 is 40.5 Å². The Morgan fingerprint density at radius 1 is 1.12 bits per heavy atom. The number of amides is 1. The van der Waals surface area contributed by atoms with Crippen LogP contribution in [0, 0.1) is 5.82 Å². The molecule has 1 saturated heterocycles. The zero-order valence-corrected chi connectivity index (χ0v) is 26.1. The number of benzene rings is 2. The normalized spacial score (nSPS) is 14.5. The smallest absolute Gasteiger partial charge is 0.351 e. The summed E-state index contributed by atoms with van der Waals surface area (Å²) in [5.74, 6) is -0.491. The summed E-state index contributed by atoms with van der Waals surface area (Å²) in [6.07, 6.45) is 3.15. The summed E-state index contributed by atoms with van der Waals surface area (Å²) in [5.41, 5.74) is 2.81. The van der Waals surface area contributed by atoms with Crippen molar-refractivity contribution in [2.75, 3.05) is 25.5 Å². The van der Waals surface area contributed by atoms with Crippen molar-refractivity contribution in [2.45, 2.75) is 51.8 Å². The molecule has 3 heterocycles. The number of carbonyl (C=O) groups excluding carboxylic acids is 2. The second-order valence-electron chi connectivity index (χ2n) is 11.5. The fourth-order valence-electron chi connectivity index (χ4n) is 5.12. The molecule has 0 unspecified atom stereocenters. The van der Waals surface area contributed by atoms with E-state index in [0.29, 0.717) is 44.7 Å². The Balaban J connectivity index is 1.26. The van der Waals surface area contributed by atoms with Crippen LogP contribution < -0.4 is 10.1 Å². The number of nitrogens with zero attached hydrogens (tertiary/aromatic N) is 3. The minimum Gasteiger partial charge on any atom is -0.489 e. The number of hydrogen-bond acceptors (Lipinski definition) is 7.